The number of amides is 2. The molecular weight excluding hydrogens is 767 g/mol. The molecule has 0 aromatic heterocycles. The number of aliphatic hydroxyl groups is 4. The number of benzene rings is 1. The molecule has 32 heavy (non-hydrogen) atoms. The molecule has 0 spiro atoms. The third-order valence-electron chi connectivity index (χ3n) is 4.25. The topological polar surface area (TPSA) is 177 Å². The zero-order valence-corrected chi connectivity index (χ0v) is 23.8. The van der Waals surface area contributed by atoms with E-state index in [0.717, 1.165) is 0 Å². The van der Waals surface area contributed by atoms with Crippen molar-refractivity contribution in [1.29, 1.82) is 0 Å². The number of halogens is 3. The smallest absolute Gasteiger partial charge is 0.340 e. The molecule has 1 rings (SSSR count). The summed E-state index contributed by atoms with van der Waals surface area (Å²) < 4.78 is 6.44. The second-order valence-corrected chi connectivity index (χ2v) is 9.80. The van der Waals surface area contributed by atoms with Crippen LogP contribution in [-0.4, -0.2) is 89.9 Å². The Kier molecular flexibility index (Phi) is 12.5. The van der Waals surface area contributed by atoms with Crippen LogP contribution >= 0.6 is 67.8 Å². The zero-order valence-electron chi connectivity index (χ0n) is 17.3. The van der Waals surface area contributed by atoms with Gasteiger partial charge >= 0.3 is 5.97 Å². The lowest BCUT2D eigenvalue weighted by Gasteiger charge is -2.29. The number of nitrogens with one attached hydrogen (secondary N) is 3. The molecule has 1 aromatic rings. The zero-order chi connectivity index (χ0) is 24.7. The molecule has 0 bridgehead atoms. The molecule has 14 heteroatoms. The first-order chi connectivity index (χ1) is 14.9. The monoisotopic (exact) mass is 791 g/mol. The van der Waals surface area contributed by atoms with Crippen molar-refractivity contribution < 1.29 is 39.5 Å². The van der Waals surface area contributed by atoms with Gasteiger partial charge in [0.05, 0.1) is 30.6 Å². The number of carbonyl (C=O) groups excluding carboxylic acids is 3. The van der Waals surface area contributed by atoms with Gasteiger partial charge in [0.1, 0.15) is 24.4 Å². The normalized spacial score (nSPS) is 14.8. The number of likely N-dealkylation sites (N-methyl/N-ethyl adjacent to an activating group) is 1. The molecule has 11 nitrogen and oxygen atoms in total. The highest BCUT2D eigenvalue weighted by Gasteiger charge is 2.35. The lowest BCUT2D eigenvalue weighted by atomic mass is 10.0. The summed E-state index contributed by atoms with van der Waals surface area (Å²) in [6, 6.07) is 0. The van der Waals surface area contributed by atoms with Crippen LogP contribution in [0.2, 0.25) is 0 Å². The Morgan fingerprint density at radius 1 is 0.969 bits per heavy atom. The highest BCUT2D eigenvalue weighted by molar-refractivity contribution is 14.1. The second kappa shape index (κ2) is 13.5. The summed E-state index contributed by atoms with van der Waals surface area (Å²) in [7, 11) is 2.95. The number of esters is 1. The summed E-state index contributed by atoms with van der Waals surface area (Å²) >= 11 is 5.58. The molecule has 7 N–H and O–H groups in total. The number of aliphatic hydroxyl groups excluding tert-OH is 4. The maximum absolute atomic E-state index is 13.1. The largest absolute Gasteiger partial charge is 0.454 e. The Labute approximate surface area is 225 Å². The molecule has 180 valence electrons. The van der Waals surface area contributed by atoms with Crippen molar-refractivity contribution >= 4 is 91.2 Å². The van der Waals surface area contributed by atoms with E-state index in [1.165, 1.54) is 21.0 Å². The van der Waals surface area contributed by atoms with Crippen LogP contribution in [0, 0.1) is 10.7 Å². The molecule has 4 atom stereocenters. The minimum absolute atomic E-state index is 0.0144. The summed E-state index contributed by atoms with van der Waals surface area (Å²) in [5.41, 5.74) is 0.400. The molecule has 0 aliphatic rings. The average Bonchev–Trinajstić information content (AvgIpc) is 2.74. The van der Waals surface area contributed by atoms with Gasteiger partial charge in [-0.15, -0.1) is 0 Å². The number of hydrogen-bond donors (Lipinski definition) is 7. The van der Waals surface area contributed by atoms with Crippen molar-refractivity contribution in [3.05, 3.63) is 21.8 Å². The molecule has 0 saturated heterocycles. The van der Waals surface area contributed by atoms with E-state index in [4.69, 9.17) is 9.84 Å². The SMILES string of the molecule is CNC[C@H](OC(=O)c1c(I)c(NC(C)=O)c(I)c(C(=O)NC)c1I)[C@@H](O)[C@H](O)[C@H](O)CO. The second-order valence-electron chi connectivity index (χ2n) is 6.56. The van der Waals surface area contributed by atoms with Crippen molar-refractivity contribution in [2.75, 3.05) is 32.6 Å². The summed E-state index contributed by atoms with van der Waals surface area (Å²) in [6.45, 7) is 0.399. The first-order valence-electron chi connectivity index (χ1n) is 9.13. The maximum atomic E-state index is 13.1. The van der Waals surface area contributed by atoms with E-state index >= 15 is 0 Å². The van der Waals surface area contributed by atoms with E-state index in [2.05, 4.69) is 16.0 Å². The highest BCUT2D eigenvalue weighted by Crippen LogP contribution is 2.36. The van der Waals surface area contributed by atoms with Gasteiger partial charge in [0.15, 0.2) is 0 Å². The molecular formula is C18H24I3N3O8. The van der Waals surface area contributed by atoms with Gasteiger partial charge < -0.3 is 41.1 Å². The van der Waals surface area contributed by atoms with Crippen LogP contribution in [0.4, 0.5) is 5.69 Å². The van der Waals surface area contributed by atoms with Crippen LogP contribution in [0.1, 0.15) is 27.6 Å². The van der Waals surface area contributed by atoms with Gasteiger partial charge in [-0.05, 0) is 74.8 Å². The quantitative estimate of drug-likeness (QED) is 0.123. The Bertz CT molecular complexity index is 871. The number of rotatable bonds is 10. The van der Waals surface area contributed by atoms with Crippen LogP contribution in [-0.2, 0) is 9.53 Å². The van der Waals surface area contributed by atoms with E-state index in [0.29, 0.717) is 7.14 Å². The van der Waals surface area contributed by atoms with Gasteiger partial charge in [0.25, 0.3) is 5.91 Å². The Balaban J connectivity index is 3.53. The minimum Gasteiger partial charge on any atom is -0.454 e. The number of hydrogen-bond acceptors (Lipinski definition) is 9. The fourth-order valence-electron chi connectivity index (χ4n) is 2.64. The maximum Gasteiger partial charge on any atom is 0.340 e. The van der Waals surface area contributed by atoms with E-state index in [9.17, 15) is 29.7 Å². The van der Waals surface area contributed by atoms with Gasteiger partial charge in [0, 0.05) is 24.1 Å². The third-order valence-corrected chi connectivity index (χ3v) is 7.49. The van der Waals surface area contributed by atoms with E-state index in [1.54, 1.807) is 0 Å². The van der Waals surface area contributed by atoms with Crippen LogP contribution in [0.15, 0.2) is 0 Å². The van der Waals surface area contributed by atoms with Gasteiger partial charge in [-0.25, -0.2) is 4.79 Å². The van der Waals surface area contributed by atoms with Gasteiger partial charge in [0.2, 0.25) is 5.91 Å². The average molecular weight is 791 g/mol. The molecule has 0 heterocycles. The lowest BCUT2D eigenvalue weighted by Crippen LogP contribution is -2.50. The van der Waals surface area contributed by atoms with Crippen LogP contribution in [0.5, 0.6) is 0 Å². The Morgan fingerprint density at radius 3 is 2.00 bits per heavy atom. The van der Waals surface area contributed by atoms with Crippen molar-refractivity contribution in [2.24, 2.45) is 0 Å². The first kappa shape index (κ1) is 29.7. The van der Waals surface area contributed by atoms with Gasteiger partial charge in [-0.2, -0.15) is 0 Å². The van der Waals surface area contributed by atoms with Gasteiger partial charge in [-0.1, -0.05) is 0 Å². The molecule has 0 saturated carbocycles. The standard InChI is InChI=1S/C18H24I3N3O8/c1-6(26)24-14-12(20)9(17(30)23-3)11(19)10(13(14)21)18(31)32-8(4-22-2)16(29)15(28)7(27)5-25/h7-8,15-16,22,25,27-29H,4-5H2,1-3H3,(H,23,30)(H,24,26)/t7-,8+,15-,16-/m1/s1. The van der Waals surface area contributed by atoms with Crippen LogP contribution in [0.3, 0.4) is 0 Å². The molecule has 2 amide bonds. The number of anilines is 1. The minimum atomic E-state index is -1.78. The van der Waals surface area contributed by atoms with Crippen molar-refractivity contribution in [3.8, 4) is 0 Å². The van der Waals surface area contributed by atoms with Crippen molar-refractivity contribution in [1.82, 2.24) is 10.6 Å². The first-order valence-corrected chi connectivity index (χ1v) is 12.4. The van der Waals surface area contributed by atoms with E-state index in [1.807, 2.05) is 67.8 Å². The van der Waals surface area contributed by atoms with Crippen LogP contribution < -0.4 is 16.0 Å². The Hall–Kier alpha value is -0.380. The number of ether oxygens (including phenoxy) is 1. The van der Waals surface area contributed by atoms with Crippen molar-refractivity contribution in [3.63, 3.8) is 0 Å². The summed E-state index contributed by atoms with van der Waals surface area (Å²) in [5, 5.41) is 46.9. The molecule has 0 fully saturated rings. The molecule has 0 aliphatic heterocycles. The fourth-order valence-corrected chi connectivity index (χ4v) is 7.00. The molecule has 0 radical (unpaired) electrons. The predicted octanol–water partition coefficient (Wildman–Crippen LogP) is -0.362. The fraction of sp³-hybridized carbons (Fsp3) is 0.500. The summed E-state index contributed by atoms with van der Waals surface area (Å²) in [4.78, 5) is 37.3. The van der Waals surface area contributed by atoms with Crippen molar-refractivity contribution in [2.45, 2.75) is 31.3 Å². The van der Waals surface area contributed by atoms with E-state index in [-0.39, 0.29) is 26.9 Å². The lowest BCUT2D eigenvalue weighted by molar-refractivity contribution is -0.117. The number of carbonyl (C=O) groups is 3. The van der Waals surface area contributed by atoms with E-state index < -0.39 is 48.8 Å². The predicted molar refractivity (Wildman–Crippen MR) is 141 cm³/mol. The molecule has 0 unspecified atom stereocenters. The van der Waals surface area contributed by atoms with Gasteiger partial charge in [-0.3, -0.25) is 9.59 Å². The summed E-state index contributed by atoms with van der Waals surface area (Å²) in [5.74, 6) is -1.81. The molecule has 0 aliphatic carbocycles. The van der Waals surface area contributed by atoms with Crippen LogP contribution in [0.25, 0.3) is 0 Å². The molecule has 1 aromatic carbocycles. The Morgan fingerprint density at radius 2 is 1.53 bits per heavy atom. The summed E-state index contributed by atoms with van der Waals surface area (Å²) in [6.07, 6.45) is -6.45. The third kappa shape index (κ3) is 7.06. The highest BCUT2D eigenvalue weighted by atomic mass is 127.